The van der Waals surface area contributed by atoms with Gasteiger partial charge >= 0.3 is 0 Å². The first kappa shape index (κ1) is 12.1. The van der Waals surface area contributed by atoms with Crippen molar-refractivity contribution >= 4 is 21.6 Å². The van der Waals surface area contributed by atoms with Gasteiger partial charge in [0.2, 0.25) is 0 Å². The molecule has 1 fully saturated rings. The Morgan fingerprint density at radius 1 is 1.56 bits per heavy atom. The van der Waals surface area contributed by atoms with Crippen molar-refractivity contribution in [3.63, 3.8) is 0 Å². The summed E-state index contributed by atoms with van der Waals surface area (Å²) in [5, 5.41) is 5.74. The summed E-state index contributed by atoms with van der Waals surface area (Å²) in [5.41, 5.74) is 2.96. The average Bonchev–Trinajstić information content (AvgIpc) is 2.77. The standard InChI is InChI=1S/C15H20N2S/c1-10(16-9-12-7-15(12,2)3)11-6-14-13(17-8-11)4-5-18-14/h4-6,8,10,12,16H,7,9H2,1-3H3. The number of nitrogens with zero attached hydrogens (tertiary/aromatic N) is 1. The van der Waals surface area contributed by atoms with Crippen LogP contribution in [0.3, 0.4) is 0 Å². The van der Waals surface area contributed by atoms with Crippen LogP contribution in [0.25, 0.3) is 10.2 Å². The van der Waals surface area contributed by atoms with Crippen LogP contribution in [0.5, 0.6) is 0 Å². The highest BCUT2D eigenvalue weighted by Crippen LogP contribution is 2.51. The summed E-state index contributed by atoms with van der Waals surface area (Å²) >= 11 is 1.77. The lowest BCUT2D eigenvalue weighted by molar-refractivity contribution is 0.485. The Bertz CT molecular complexity index is 558. The molecule has 0 spiro atoms. The van der Waals surface area contributed by atoms with Crippen LogP contribution in [-0.4, -0.2) is 11.5 Å². The minimum absolute atomic E-state index is 0.389. The summed E-state index contributed by atoms with van der Waals surface area (Å²) in [6.45, 7) is 8.05. The molecule has 0 aliphatic heterocycles. The van der Waals surface area contributed by atoms with Crippen LogP contribution in [0.4, 0.5) is 0 Å². The van der Waals surface area contributed by atoms with Crippen LogP contribution >= 0.6 is 11.3 Å². The SMILES string of the molecule is CC(NCC1CC1(C)C)c1cnc2ccsc2c1. The van der Waals surface area contributed by atoms with E-state index in [9.17, 15) is 0 Å². The van der Waals surface area contributed by atoms with Gasteiger partial charge in [0.25, 0.3) is 0 Å². The van der Waals surface area contributed by atoms with Gasteiger partial charge in [-0.05, 0) is 54.3 Å². The number of fused-ring (bicyclic) bond motifs is 1. The maximum absolute atomic E-state index is 4.50. The molecule has 3 heteroatoms. The Morgan fingerprint density at radius 3 is 3.06 bits per heavy atom. The van der Waals surface area contributed by atoms with E-state index in [0.717, 1.165) is 18.0 Å². The summed E-state index contributed by atoms with van der Waals surface area (Å²) in [7, 11) is 0. The number of hydrogen-bond donors (Lipinski definition) is 1. The Hall–Kier alpha value is -0.930. The van der Waals surface area contributed by atoms with E-state index in [1.807, 2.05) is 6.20 Å². The number of rotatable bonds is 4. The molecule has 3 rings (SSSR count). The summed E-state index contributed by atoms with van der Waals surface area (Å²) in [4.78, 5) is 4.50. The Kier molecular flexibility index (Phi) is 2.91. The molecule has 2 atom stereocenters. The van der Waals surface area contributed by atoms with Crippen LogP contribution in [0.2, 0.25) is 0 Å². The van der Waals surface area contributed by atoms with E-state index < -0.39 is 0 Å². The molecular weight excluding hydrogens is 240 g/mol. The highest BCUT2D eigenvalue weighted by atomic mass is 32.1. The van der Waals surface area contributed by atoms with Gasteiger partial charge in [0.1, 0.15) is 0 Å². The van der Waals surface area contributed by atoms with Gasteiger partial charge in [-0.3, -0.25) is 4.98 Å². The quantitative estimate of drug-likeness (QED) is 0.899. The lowest BCUT2D eigenvalue weighted by Gasteiger charge is -2.14. The van der Waals surface area contributed by atoms with E-state index in [4.69, 9.17) is 0 Å². The molecular formula is C15H20N2S. The van der Waals surface area contributed by atoms with E-state index in [-0.39, 0.29) is 0 Å². The molecule has 18 heavy (non-hydrogen) atoms. The molecule has 0 amide bonds. The van der Waals surface area contributed by atoms with Gasteiger partial charge in [-0.25, -0.2) is 0 Å². The number of pyridine rings is 1. The fraction of sp³-hybridized carbons (Fsp3) is 0.533. The van der Waals surface area contributed by atoms with Gasteiger partial charge in [-0.1, -0.05) is 13.8 Å². The van der Waals surface area contributed by atoms with Gasteiger partial charge in [0.15, 0.2) is 0 Å². The summed E-state index contributed by atoms with van der Waals surface area (Å²) in [6.07, 6.45) is 3.36. The van der Waals surface area contributed by atoms with Crippen molar-refractivity contribution < 1.29 is 0 Å². The van der Waals surface area contributed by atoms with Gasteiger partial charge in [-0.2, -0.15) is 0 Å². The average molecular weight is 260 g/mol. The zero-order chi connectivity index (χ0) is 12.8. The van der Waals surface area contributed by atoms with Gasteiger partial charge in [0, 0.05) is 12.2 Å². The number of thiophene rings is 1. The Labute approximate surface area is 112 Å². The molecule has 1 saturated carbocycles. The van der Waals surface area contributed by atoms with E-state index in [0.29, 0.717) is 11.5 Å². The summed E-state index contributed by atoms with van der Waals surface area (Å²) in [5.74, 6) is 0.846. The predicted octanol–water partition coefficient (Wildman–Crippen LogP) is 3.99. The third-order valence-electron chi connectivity index (χ3n) is 4.21. The van der Waals surface area contributed by atoms with Crippen molar-refractivity contribution in [1.82, 2.24) is 10.3 Å². The van der Waals surface area contributed by atoms with Crippen molar-refractivity contribution in [3.8, 4) is 0 Å². The lowest BCUT2D eigenvalue weighted by atomic mass is 10.1. The second kappa shape index (κ2) is 4.32. The first-order valence-electron chi connectivity index (χ1n) is 6.63. The van der Waals surface area contributed by atoms with Crippen molar-refractivity contribution in [2.75, 3.05) is 6.54 Å². The highest BCUT2D eigenvalue weighted by molar-refractivity contribution is 7.17. The Balaban J connectivity index is 1.66. The third-order valence-corrected chi connectivity index (χ3v) is 5.06. The number of nitrogens with one attached hydrogen (secondary N) is 1. The normalized spacial score (nSPS) is 23.2. The fourth-order valence-electron chi connectivity index (χ4n) is 2.46. The molecule has 0 aromatic carbocycles. The largest absolute Gasteiger partial charge is 0.310 e. The molecule has 0 saturated heterocycles. The maximum Gasteiger partial charge on any atom is 0.0809 e. The van der Waals surface area contributed by atoms with Crippen molar-refractivity contribution in [1.29, 1.82) is 0 Å². The molecule has 1 N–H and O–H groups in total. The summed E-state index contributed by atoms with van der Waals surface area (Å²) < 4.78 is 1.29. The molecule has 2 heterocycles. The van der Waals surface area contributed by atoms with Gasteiger partial charge in [0.05, 0.1) is 10.2 Å². The lowest BCUT2D eigenvalue weighted by Crippen LogP contribution is -2.22. The number of aromatic nitrogens is 1. The van der Waals surface area contributed by atoms with Crippen molar-refractivity contribution in [2.45, 2.75) is 33.2 Å². The molecule has 0 radical (unpaired) electrons. The zero-order valence-corrected chi connectivity index (χ0v) is 12.1. The van der Waals surface area contributed by atoms with Crippen molar-refractivity contribution in [2.24, 2.45) is 11.3 Å². The minimum Gasteiger partial charge on any atom is -0.310 e. The third kappa shape index (κ3) is 2.29. The Morgan fingerprint density at radius 2 is 2.33 bits per heavy atom. The molecule has 2 nitrogen and oxygen atoms in total. The van der Waals surface area contributed by atoms with E-state index in [2.05, 4.69) is 48.6 Å². The van der Waals surface area contributed by atoms with Gasteiger partial charge in [-0.15, -0.1) is 11.3 Å². The van der Waals surface area contributed by atoms with E-state index >= 15 is 0 Å². The zero-order valence-electron chi connectivity index (χ0n) is 11.2. The second-order valence-corrected chi connectivity index (χ2v) is 7.04. The summed E-state index contributed by atoms with van der Waals surface area (Å²) in [6, 6.07) is 4.73. The molecule has 2 aromatic heterocycles. The predicted molar refractivity (Wildman–Crippen MR) is 77.9 cm³/mol. The monoisotopic (exact) mass is 260 g/mol. The highest BCUT2D eigenvalue weighted by Gasteiger charge is 2.44. The van der Waals surface area contributed by atoms with E-state index in [1.54, 1.807) is 11.3 Å². The topological polar surface area (TPSA) is 24.9 Å². The molecule has 1 aliphatic rings. The van der Waals surface area contributed by atoms with Crippen molar-refractivity contribution in [3.05, 3.63) is 29.3 Å². The first-order chi connectivity index (χ1) is 8.56. The van der Waals surface area contributed by atoms with Crippen LogP contribution < -0.4 is 5.32 Å². The first-order valence-corrected chi connectivity index (χ1v) is 7.51. The van der Waals surface area contributed by atoms with Crippen LogP contribution in [0, 0.1) is 11.3 Å². The van der Waals surface area contributed by atoms with Crippen LogP contribution in [0.15, 0.2) is 23.7 Å². The number of hydrogen-bond acceptors (Lipinski definition) is 3. The fourth-order valence-corrected chi connectivity index (χ4v) is 3.25. The molecule has 0 bridgehead atoms. The second-order valence-electron chi connectivity index (χ2n) is 6.09. The minimum atomic E-state index is 0.389. The van der Waals surface area contributed by atoms with Crippen LogP contribution in [0.1, 0.15) is 38.8 Å². The molecule has 2 unspecified atom stereocenters. The smallest absolute Gasteiger partial charge is 0.0809 e. The molecule has 2 aromatic rings. The molecule has 96 valence electrons. The maximum atomic E-state index is 4.50. The van der Waals surface area contributed by atoms with Gasteiger partial charge < -0.3 is 5.32 Å². The van der Waals surface area contributed by atoms with E-state index in [1.165, 1.54) is 16.7 Å². The molecule has 1 aliphatic carbocycles. The van der Waals surface area contributed by atoms with Crippen LogP contribution in [-0.2, 0) is 0 Å².